The summed E-state index contributed by atoms with van der Waals surface area (Å²) in [6, 6.07) is 5.60. The molecule has 0 atom stereocenters. The van der Waals surface area contributed by atoms with E-state index in [4.69, 9.17) is 5.79 Å². The number of benzene rings is 1. The number of oxazole rings is 1. The number of piperidine rings is 1. The number of likely N-dealkylation sites (tertiary alicyclic amines) is 1. The van der Waals surface area contributed by atoms with Crippen LogP contribution >= 0.6 is 0 Å². The largest absolute Gasteiger partial charge is 0.449 e. The number of halogens is 1. The summed E-state index contributed by atoms with van der Waals surface area (Å²) < 4.78 is 25.5. The lowest BCUT2D eigenvalue weighted by Gasteiger charge is -2.30. The van der Waals surface area contributed by atoms with Crippen molar-refractivity contribution < 1.29 is 15.0 Å². The fourth-order valence-electron chi connectivity index (χ4n) is 2.50. The molecule has 104 valence electrons. The summed E-state index contributed by atoms with van der Waals surface area (Å²) in [5, 5.41) is 0. The predicted octanol–water partition coefficient (Wildman–Crippen LogP) is 2.83. The quantitative estimate of drug-likeness (QED) is 0.846. The minimum Gasteiger partial charge on any atom is -0.449 e. The van der Waals surface area contributed by atoms with Crippen LogP contribution in [0.5, 0.6) is 0 Å². The fourth-order valence-corrected chi connectivity index (χ4v) is 2.50. The number of carbonyl (C=O) groups excluding carboxylic acids is 1. The third-order valence-corrected chi connectivity index (χ3v) is 3.63. The number of rotatable bonds is 2. The molecule has 0 bridgehead atoms. The van der Waals surface area contributed by atoms with Crippen LogP contribution in [-0.2, 0) is 0 Å². The van der Waals surface area contributed by atoms with Crippen molar-refractivity contribution in [1.82, 2.24) is 9.88 Å². The number of hydrogen-bond donors (Lipinski definition) is 0. The lowest BCUT2D eigenvalue weighted by molar-refractivity contribution is 0.0706. The van der Waals surface area contributed by atoms with E-state index in [1.807, 2.05) is 0 Å². The third kappa shape index (κ3) is 2.57. The second-order valence-corrected chi connectivity index (χ2v) is 4.89. The summed E-state index contributed by atoms with van der Waals surface area (Å²) in [7, 11) is 0. The van der Waals surface area contributed by atoms with Crippen LogP contribution in [0, 0.1) is 5.82 Å². The smallest absolute Gasteiger partial charge is 0.253 e. The highest BCUT2D eigenvalue weighted by Crippen LogP contribution is 2.27. The Labute approximate surface area is 117 Å². The topological polar surface area (TPSA) is 46.3 Å². The lowest BCUT2D eigenvalue weighted by atomic mass is 9.96. The van der Waals surface area contributed by atoms with E-state index in [2.05, 4.69) is 4.98 Å². The first-order chi connectivity index (χ1) is 10.1. The summed E-state index contributed by atoms with van der Waals surface area (Å²) in [6.07, 6.45) is 2.97. The molecule has 1 fully saturated rings. The minimum atomic E-state index is -0.347. The highest BCUT2D eigenvalue weighted by atomic mass is 19.1. The standard InChI is InChI=1S/C15H15FN2O2/c16-13-3-1-12(2-4-13)15(19)18-8-5-11(6-9-18)14-17-7-10-20-14/h1-4,7,10-11H,5-6,8-9H2/i10D. The summed E-state index contributed by atoms with van der Waals surface area (Å²) in [6.45, 7) is 1.22. The Balaban J connectivity index is 1.63. The molecular weight excluding hydrogens is 259 g/mol. The Kier molecular flexibility index (Phi) is 3.17. The van der Waals surface area contributed by atoms with Crippen LogP contribution in [-0.4, -0.2) is 28.9 Å². The molecule has 1 saturated heterocycles. The van der Waals surface area contributed by atoms with E-state index in [1.165, 1.54) is 30.5 Å². The fraction of sp³-hybridized carbons (Fsp3) is 0.333. The molecule has 3 rings (SSSR count). The van der Waals surface area contributed by atoms with E-state index in [0.717, 1.165) is 12.8 Å². The van der Waals surface area contributed by atoms with E-state index in [9.17, 15) is 9.18 Å². The second-order valence-electron chi connectivity index (χ2n) is 4.89. The molecule has 5 heteroatoms. The number of hydrogen-bond acceptors (Lipinski definition) is 3. The molecule has 20 heavy (non-hydrogen) atoms. The number of carbonyl (C=O) groups is 1. The average molecular weight is 275 g/mol. The number of nitrogens with zero attached hydrogens (tertiary/aromatic N) is 2. The van der Waals surface area contributed by atoms with Crippen molar-refractivity contribution >= 4 is 5.91 Å². The van der Waals surface area contributed by atoms with Gasteiger partial charge in [0.05, 0.1) is 6.20 Å². The van der Waals surface area contributed by atoms with Crippen molar-refractivity contribution in [1.29, 1.82) is 0 Å². The molecule has 0 unspecified atom stereocenters. The Morgan fingerprint density at radius 1 is 1.35 bits per heavy atom. The minimum absolute atomic E-state index is 0.0646. The van der Waals surface area contributed by atoms with Gasteiger partial charge in [-0.3, -0.25) is 4.79 Å². The molecule has 0 aliphatic carbocycles. The van der Waals surface area contributed by atoms with Gasteiger partial charge in [0.15, 0.2) is 5.89 Å². The molecule has 1 amide bonds. The maximum absolute atomic E-state index is 12.9. The summed E-state index contributed by atoms with van der Waals surface area (Å²) in [5.41, 5.74) is 0.499. The molecule has 0 spiro atoms. The maximum Gasteiger partial charge on any atom is 0.253 e. The van der Waals surface area contributed by atoms with Crippen molar-refractivity contribution in [3.63, 3.8) is 0 Å². The molecule has 1 aromatic heterocycles. The van der Waals surface area contributed by atoms with E-state index >= 15 is 0 Å². The number of amides is 1. The van der Waals surface area contributed by atoms with E-state index in [-0.39, 0.29) is 23.9 Å². The van der Waals surface area contributed by atoms with Crippen LogP contribution < -0.4 is 0 Å². The van der Waals surface area contributed by atoms with Crippen molar-refractivity contribution in [2.45, 2.75) is 18.8 Å². The number of aromatic nitrogens is 1. The van der Waals surface area contributed by atoms with Crippen molar-refractivity contribution in [2.75, 3.05) is 13.1 Å². The highest BCUT2D eigenvalue weighted by molar-refractivity contribution is 5.94. The summed E-state index contributed by atoms with van der Waals surface area (Å²) >= 11 is 0. The summed E-state index contributed by atoms with van der Waals surface area (Å²) in [4.78, 5) is 18.1. The van der Waals surface area contributed by atoms with Crippen LogP contribution in [0.4, 0.5) is 4.39 Å². The van der Waals surface area contributed by atoms with Gasteiger partial charge >= 0.3 is 0 Å². The monoisotopic (exact) mass is 275 g/mol. The Morgan fingerprint density at radius 2 is 2.05 bits per heavy atom. The van der Waals surface area contributed by atoms with Crippen molar-refractivity contribution in [2.24, 2.45) is 0 Å². The average Bonchev–Trinajstić information content (AvgIpc) is 2.94. The molecule has 1 aliphatic rings. The van der Waals surface area contributed by atoms with Gasteiger partial charge in [0.1, 0.15) is 13.4 Å². The first-order valence-electron chi connectivity index (χ1n) is 7.10. The molecule has 0 radical (unpaired) electrons. The SMILES string of the molecule is [2H]c1cnc(C2CCN(C(=O)c3ccc(F)cc3)CC2)o1. The van der Waals surface area contributed by atoms with Gasteiger partial charge in [0.25, 0.3) is 5.91 Å². The van der Waals surface area contributed by atoms with Crippen LogP contribution in [0.15, 0.2) is 41.1 Å². The van der Waals surface area contributed by atoms with Crippen LogP contribution in [0.3, 0.4) is 0 Å². The van der Waals surface area contributed by atoms with Gasteiger partial charge in [-0.2, -0.15) is 0 Å². The predicted molar refractivity (Wildman–Crippen MR) is 70.8 cm³/mol. The Bertz CT molecular complexity index is 633. The summed E-state index contributed by atoms with van der Waals surface area (Å²) in [5.74, 6) is 0.303. The van der Waals surface area contributed by atoms with Crippen molar-refractivity contribution in [3.05, 3.63) is 54.0 Å². The highest BCUT2D eigenvalue weighted by Gasteiger charge is 2.26. The lowest BCUT2D eigenvalue weighted by Crippen LogP contribution is -2.37. The molecule has 1 aliphatic heterocycles. The van der Waals surface area contributed by atoms with Gasteiger partial charge in [0, 0.05) is 24.6 Å². The maximum atomic E-state index is 12.9. The Hall–Kier alpha value is -2.17. The van der Waals surface area contributed by atoms with Crippen molar-refractivity contribution in [3.8, 4) is 0 Å². The zero-order valence-corrected chi connectivity index (χ0v) is 10.9. The zero-order chi connectivity index (χ0) is 14.8. The van der Waals surface area contributed by atoms with Gasteiger partial charge in [-0.25, -0.2) is 9.37 Å². The zero-order valence-electron chi connectivity index (χ0n) is 11.9. The molecular formula is C15H15FN2O2. The molecule has 2 aromatic rings. The van der Waals surface area contributed by atoms with E-state index in [0.29, 0.717) is 24.5 Å². The molecule has 2 heterocycles. The molecule has 0 N–H and O–H groups in total. The van der Waals surface area contributed by atoms with Crippen LogP contribution in [0.1, 0.15) is 36.4 Å². The van der Waals surface area contributed by atoms with Crippen LogP contribution in [0.2, 0.25) is 0 Å². The Morgan fingerprint density at radius 3 is 2.65 bits per heavy atom. The first-order valence-corrected chi connectivity index (χ1v) is 6.60. The van der Waals surface area contributed by atoms with Gasteiger partial charge < -0.3 is 9.32 Å². The second kappa shape index (κ2) is 5.45. The normalized spacial score (nSPS) is 17.1. The van der Waals surface area contributed by atoms with E-state index in [1.54, 1.807) is 4.90 Å². The third-order valence-electron chi connectivity index (χ3n) is 3.63. The van der Waals surface area contributed by atoms with Gasteiger partial charge in [-0.15, -0.1) is 0 Å². The molecule has 1 aromatic carbocycles. The first kappa shape index (κ1) is 11.6. The molecule has 0 saturated carbocycles. The van der Waals surface area contributed by atoms with Gasteiger partial charge in [-0.1, -0.05) is 0 Å². The molecule has 4 nitrogen and oxygen atoms in total. The van der Waals surface area contributed by atoms with Gasteiger partial charge in [0.2, 0.25) is 0 Å². The van der Waals surface area contributed by atoms with Gasteiger partial charge in [-0.05, 0) is 37.1 Å². The van der Waals surface area contributed by atoms with Crippen LogP contribution in [0.25, 0.3) is 0 Å². The van der Waals surface area contributed by atoms with E-state index < -0.39 is 0 Å².